The molecule has 0 saturated heterocycles. The maximum atomic E-state index is 6.40. The molecule has 0 amide bonds. The lowest BCUT2D eigenvalue weighted by molar-refractivity contribution is 0.601. The Morgan fingerprint density at radius 2 is 1.95 bits per heavy atom. The van der Waals surface area contributed by atoms with Crippen LogP contribution < -0.4 is 5.32 Å². The van der Waals surface area contributed by atoms with Crippen molar-refractivity contribution < 1.29 is 0 Å². The molecule has 2 aromatic heterocycles. The van der Waals surface area contributed by atoms with Gasteiger partial charge in [0.15, 0.2) is 0 Å². The van der Waals surface area contributed by atoms with Gasteiger partial charge in [-0.2, -0.15) is 5.10 Å². The van der Waals surface area contributed by atoms with E-state index in [0.717, 1.165) is 34.6 Å². The maximum Gasteiger partial charge on any atom is 0.0712 e. The van der Waals surface area contributed by atoms with E-state index in [1.807, 2.05) is 47.2 Å². The standard InChI is InChI=1S/C17H18ClN3/c1-2-10-19-17(13-7-3-4-8-15(13)18)14-12-20-21-11-6-5-9-16(14)21/h3-9,11-12,17,19H,2,10H2,1H3. The Labute approximate surface area is 129 Å². The van der Waals surface area contributed by atoms with Crippen molar-refractivity contribution in [3.8, 4) is 0 Å². The summed E-state index contributed by atoms with van der Waals surface area (Å²) in [6.07, 6.45) is 4.95. The third-order valence-corrected chi connectivity index (χ3v) is 3.93. The van der Waals surface area contributed by atoms with E-state index in [0.29, 0.717) is 0 Å². The molecule has 1 aromatic carbocycles. The minimum absolute atomic E-state index is 0.0542. The Kier molecular flexibility index (Phi) is 4.23. The maximum absolute atomic E-state index is 6.40. The molecule has 0 bridgehead atoms. The topological polar surface area (TPSA) is 29.3 Å². The predicted molar refractivity (Wildman–Crippen MR) is 86.8 cm³/mol. The number of nitrogens with zero attached hydrogens (tertiary/aromatic N) is 2. The third kappa shape index (κ3) is 2.80. The zero-order valence-electron chi connectivity index (χ0n) is 12.0. The molecule has 2 heterocycles. The lowest BCUT2D eigenvalue weighted by Crippen LogP contribution is -2.23. The van der Waals surface area contributed by atoms with Crippen LogP contribution in [0.25, 0.3) is 5.52 Å². The van der Waals surface area contributed by atoms with Gasteiger partial charge in [0.1, 0.15) is 0 Å². The summed E-state index contributed by atoms with van der Waals surface area (Å²) in [5.41, 5.74) is 3.34. The summed E-state index contributed by atoms with van der Waals surface area (Å²) in [6, 6.07) is 14.1. The third-order valence-electron chi connectivity index (χ3n) is 3.58. The molecule has 0 aliphatic carbocycles. The van der Waals surface area contributed by atoms with Crippen molar-refractivity contribution in [2.45, 2.75) is 19.4 Å². The molecule has 0 spiro atoms. The van der Waals surface area contributed by atoms with E-state index in [4.69, 9.17) is 11.6 Å². The van der Waals surface area contributed by atoms with Crippen molar-refractivity contribution in [2.75, 3.05) is 6.54 Å². The first kappa shape index (κ1) is 14.1. The fourth-order valence-corrected chi connectivity index (χ4v) is 2.81. The number of rotatable bonds is 5. The van der Waals surface area contributed by atoms with Crippen molar-refractivity contribution >= 4 is 17.1 Å². The summed E-state index contributed by atoms with van der Waals surface area (Å²) in [4.78, 5) is 0. The summed E-state index contributed by atoms with van der Waals surface area (Å²) in [5, 5.41) is 8.80. The van der Waals surface area contributed by atoms with Gasteiger partial charge in [-0.1, -0.05) is 42.8 Å². The summed E-state index contributed by atoms with van der Waals surface area (Å²) >= 11 is 6.40. The van der Waals surface area contributed by atoms with Crippen molar-refractivity contribution in [2.24, 2.45) is 0 Å². The van der Waals surface area contributed by atoms with Crippen LogP contribution in [0.1, 0.15) is 30.5 Å². The molecule has 3 aromatic rings. The van der Waals surface area contributed by atoms with Crippen LogP contribution >= 0.6 is 11.6 Å². The summed E-state index contributed by atoms with van der Waals surface area (Å²) in [7, 11) is 0. The molecule has 4 heteroatoms. The first-order valence-corrected chi connectivity index (χ1v) is 7.59. The number of hydrogen-bond acceptors (Lipinski definition) is 2. The fraction of sp³-hybridized carbons (Fsp3) is 0.235. The van der Waals surface area contributed by atoms with E-state index in [9.17, 15) is 0 Å². The summed E-state index contributed by atoms with van der Waals surface area (Å²) < 4.78 is 1.90. The zero-order valence-corrected chi connectivity index (χ0v) is 12.7. The van der Waals surface area contributed by atoms with Gasteiger partial charge < -0.3 is 5.32 Å². The van der Waals surface area contributed by atoms with Gasteiger partial charge in [0.2, 0.25) is 0 Å². The molecular formula is C17H18ClN3. The van der Waals surface area contributed by atoms with Gasteiger partial charge in [0, 0.05) is 16.8 Å². The molecule has 0 saturated carbocycles. The van der Waals surface area contributed by atoms with Crippen LogP contribution in [0.4, 0.5) is 0 Å². The summed E-state index contributed by atoms with van der Waals surface area (Å²) in [6.45, 7) is 3.09. The smallest absolute Gasteiger partial charge is 0.0712 e. The molecule has 1 N–H and O–H groups in total. The lowest BCUT2D eigenvalue weighted by Gasteiger charge is -2.19. The number of benzene rings is 1. The second kappa shape index (κ2) is 6.29. The zero-order chi connectivity index (χ0) is 14.7. The highest BCUT2D eigenvalue weighted by Gasteiger charge is 2.19. The second-order valence-corrected chi connectivity index (χ2v) is 5.45. The van der Waals surface area contributed by atoms with Gasteiger partial charge in [-0.05, 0) is 36.7 Å². The Morgan fingerprint density at radius 1 is 1.14 bits per heavy atom. The van der Waals surface area contributed by atoms with Gasteiger partial charge in [-0.3, -0.25) is 0 Å². The van der Waals surface area contributed by atoms with Crippen LogP contribution in [0, 0.1) is 0 Å². The lowest BCUT2D eigenvalue weighted by atomic mass is 9.99. The Morgan fingerprint density at radius 3 is 2.76 bits per heavy atom. The van der Waals surface area contributed by atoms with Gasteiger partial charge >= 0.3 is 0 Å². The first-order valence-electron chi connectivity index (χ1n) is 7.21. The van der Waals surface area contributed by atoms with E-state index in [1.54, 1.807) is 0 Å². The van der Waals surface area contributed by atoms with Crippen LogP contribution in [0.3, 0.4) is 0 Å². The molecular weight excluding hydrogens is 282 g/mol. The normalized spacial score (nSPS) is 12.7. The Bertz CT molecular complexity index is 735. The molecule has 0 fully saturated rings. The highest BCUT2D eigenvalue weighted by atomic mass is 35.5. The number of fused-ring (bicyclic) bond motifs is 1. The van der Waals surface area contributed by atoms with Crippen LogP contribution in [-0.4, -0.2) is 16.2 Å². The largest absolute Gasteiger partial charge is 0.306 e. The van der Waals surface area contributed by atoms with Crippen molar-refractivity contribution in [1.29, 1.82) is 0 Å². The molecule has 21 heavy (non-hydrogen) atoms. The average molecular weight is 300 g/mol. The molecule has 108 valence electrons. The van der Waals surface area contributed by atoms with Crippen LogP contribution in [-0.2, 0) is 0 Å². The van der Waals surface area contributed by atoms with Crippen molar-refractivity contribution in [1.82, 2.24) is 14.9 Å². The first-order chi connectivity index (χ1) is 10.3. The molecule has 1 atom stereocenters. The van der Waals surface area contributed by atoms with Gasteiger partial charge in [-0.25, -0.2) is 4.52 Å². The van der Waals surface area contributed by atoms with Crippen LogP contribution in [0.15, 0.2) is 54.9 Å². The predicted octanol–water partition coefficient (Wildman–Crippen LogP) is 4.08. The molecule has 0 radical (unpaired) electrons. The number of pyridine rings is 1. The van der Waals surface area contributed by atoms with Gasteiger partial charge in [0.05, 0.1) is 17.8 Å². The SMILES string of the molecule is CCCNC(c1ccccc1Cl)c1cnn2ccccc12. The van der Waals surface area contributed by atoms with E-state index in [-0.39, 0.29) is 6.04 Å². The van der Waals surface area contributed by atoms with Crippen LogP contribution in [0.5, 0.6) is 0 Å². The van der Waals surface area contributed by atoms with Crippen LogP contribution in [0.2, 0.25) is 5.02 Å². The molecule has 0 aliphatic heterocycles. The quantitative estimate of drug-likeness (QED) is 0.769. The minimum atomic E-state index is 0.0542. The van der Waals surface area contributed by atoms with E-state index in [1.165, 1.54) is 0 Å². The Hall–Kier alpha value is -1.84. The monoisotopic (exact) mass is 299 g/mol. The molecule has 3 rings (SSSR count). The van der Waals surface area contributed by atoms with Crippen molar-refractivity contribution in [3.05, 3.63) is 71.0 Å². The number of nitrogens with one attached hydrogen (secondary N) is 1. The minimum Gasteiger partial charge on any atom is -0.306 e. The van der Waals surface area contributed by atoms with E-state index >= 15 is 0 Å². The van der Waals surface area contributed by atoms with Crippen molar-refractivity contribution in [3.63, 3.8) is 0 Å². The molecule has 3 nitrogen and oxygen atoms in total. The molecule has 0 aliphatic rings. The molecule has 1 unspecified atom stereocenters. The number of halogens is 1. The van der Waals surface area contributed by atoms with Gasteiger partial charge in [-0.15, -0.1) is 0 Å². The highest BCUT2D eigenvalue weighted by molar-refractivity contribution is 6.31. The van der Waals surface area contributed by atoms with E-state index < -0.39 is 0 Å². The highest BCUT2D eigenvalue weighted by Crippen LogP contribution is 2.30. The fourth-order valence-electron chi connectivity index (χ4n) is 2.56. The number of aromatic nitrogens is 2. The average Bonchev–Trinajstić information content (AvgIpc) is 2.93. The second-order valence-electron chi connectivity index (χ2n) is 5.04. The number of hydrogen-bond donors (Lipinski definition) is 1. The Balaban J connectivity index is 2.09. The summed E-state index contributed by atoms with van der Waals surface area (Å²) in [5.74, 6) is 0. The van der Waals surface area contributed by atoms with Gasteiger partial charge in [0.25, 0.3) is 0 Å². The van der Waals surface area contributed by atoms with E-state index in [2.05, 4.69) is 29.5 Å².